The Morgan fingerprint density at radius 2 is 1.95 bits per heavy atom. The first kappa shape index (κ1) is 15.7. The number of nitrogens with one attached hydrogen (secondary N) is 1. The molecule has 0 aliphatic heterocycles. The highest BCUT2D eigenvalue weighted by Crippen LogP contribution is 2.21. The fourth-order valence-corrected chi connectivity index (χ4v) is 1.80. The van der Waals surface area contributed by atoms with E-state index in [9.17, 15) is 5.11 Å². The van der Waals surface area contributed by atoms with Crippen LogP contribution >= 0.6 is 0 Å². The maximum atomic E-state index is 9.57. The van der Waals surface area contributed by atoms with Crippen LogP contribution in [0, 0.1) is 6.92 Å². The van der Waals surface area contributed by atoms with Crippen LogP contribution in [0.15, 0.2) is 6.07 Å². The number of ether oxygens (including phenoxy) is 1. The fraction of sp³-hybridized carbons (Fsp3) is 0.714. The normalized spacial score (nSPS) is 11.4. The van der Waals surface area contributed by atoms with Crippen LogP contribution in [0.2, 0.25) is 0 Å². The zero-order chi connectivity index (χ0) is 14.3. The third-order valence-electron chi connectivity index (χ3n) is 3.32. The third-order valence-corrected chi connectivity index (χ3v) is 3.32. The molecular formula is C14H25N3O2. The van der Waals surface area contributed by atoms with Crippen LogP contribution in [-0.2, 0) is 0 Å². The molecule has 0 fully saturated rings. The molecule has 1 heterocycles. The first-order valence-corrected chi connectivity index (χ1v) is 6.96. The SMILES string of the molecule is CCCOc1cc(C)nc(NC(CC)(CC)CO)n1. The van der Waals surface area contributed by atoms with E-state index in [0.29, 0.717) is 18.4 Å². The molecule has 19 heavy (non-hydrogen) atoms. The average molecular weight is 267 g/mol. The molecule has 0 radical (unpaired) electrons. The Labute approximate surface area is 115 Å². The van der Waals surface area contributed by atoms with E-state index in [1.54, 1.807) is 0 Å². The van der Waals surface area contributed by atoms with Crippen molar-refractivity contribution < 1.29 is 9.84 Å². The van der Waals surface area contributed by atoms with Crippen LogP contribution < -0.4 is 10.1 Å². The van der Waals surface area contributed by atoms with Crippen molar-refractivity contribution in [3.8, 4) is 5.88 Å². The van der Waals surface area contributed by atoms with Crippen molar-refractivity contribution in [1.29, 1.82) is 0 Å². The monoisotopic (exact) mass is 267 g/mol. The van der Waals surface area contributed by atoms with Crippen LogP contribution in [0.1, 0.15) is 45.7 Å². The summed E-state index contributed by atoms with van der Waals surface area (Å²) in [6.07, 6.45) is 2.56. The first-order chi connectivity index (χ1) is 9.09. The van der Waals surface area contributed by atoms with E-state index in [2.05, 4.69) is 22.2 Å². The highest BCUT2D eigenvalue weighted by Gasteiger charge is 2.26. The van der Waals surface area contributed by atoms with Gasteiger partial charge in [0.2, 0.25) is 11.8 Å². The molecule has 0 spiro atoms. The Balaban J connectivity index is 2.90. The van der Waals surface area contributed by atoms with Crippen molar-refractivity contribution in [2.24, 2.45) is 0 Å². The molecule has 0 saturated carbocycles. The van der Waals surface area contributed by atoms with Gasteiger partial charge in [0.05, 0.1) is 18.8 Å². The maximum absolute atomic E-state index is 9.57. The number of aliphatic hydroxyl groups excluding tert-OH is 1. The summed E-state index contributed by atoms with van der Waals surface area (Å²) in [5, 5.41) is 12.8. The molecule has 0 bridgehead atoms. The summed E-state index contributed by atoms with van der Waals surface area (Å²) in [5.41, 5.74) is 0.484. The van der Waals surface area contributed by atoms with E-state index in [4.69, 9.17) is 4.74 Å². The summed E-state index contributed by atoms with van der Waals surface area (Å²) in [5.74, 6) is 1.10. The van der Waals surface area contributed by atoms with Crippen LogP contribution in [-0.4, -0.2) is 33.8 Å². The topological polar surface area (TPSA) is 67.3 Å². The van der Waals surface area contributed by atoms with Crippen LogP contribution in [0.25, 0.3) is 0 Å². The molecule has 5 heteroatoms. The number of anilines is 1. The van der Waals surface area contributed by atoms with Crippen molar-refractivity contribution >= 4 is 5.95 Å². The van der Waals surface area contributed by atoms with Crippen molar-refractivity contribution in [2.75, 3.05) is 18.5 Å². The van der Waals surface area contributed by atoms with Gasteiger partial charge in [0.15, 0.2) is 0 Å². The molecule has 0 aromatic carbocycles. The second-order valence-electron chi connectivity index (χ2n) is 4.79. The lowest BCUT2D eigenvalue weighted by molar-refractivity contribution is 0.201. The number of hydrogen-bond donors (Lipinski definition) is 2. The largest absolute Gasteiger partial charge is 0.478 e. The molecule has 0 atom stereocenters. The maximum Gasteiger partial charge on any atom is 0.226 e. The van der Waals surface area contributed by atoms with Gasteiger partial charge in [-0.05, 0) is 26.2 Å². The van der Waals surface area contributed by atoms with E-state index in [1.165, 1.54) is 0 Å². The molecule has 0 unspecified atom stereocenters. The predicted octanol–water partition coefficient (Wildman–Crippen LogP) is 2.54. The minimum atomic E-state index is -0.365. The van der Waals surface area contributed by atoms with Crippen molar-refractivity contribution in [1.82, 2.24) is 9.97 Å². The lowest BCUT2D eigenvalue weighted by Crippen LogP contribution is -2.41. The van der Waals surface area contributed by atoms with Crippen LogP contribution in [0.5, 0.6) is 5.88 Å². The van der Waals surface area contributed by atoms with Crippen molar-refractivity contribution in [3.05, 3.63) is 11.8 Å². The third kappa shape index (κ3) is 4.35. The van der Waals surface area contributed by atoms with Gasteiger partial charge < -0.3 is 15.2 Å². The Morgan fingerprint density at radius 1 is 1.26 bits per heavy atom. The average Bonchev–Trinajstić information content (AvgIpc) is 2.42. The number of aromatic nitrogens is 2. The lowest BCUT2D eigenvalue weighted by Gasteiger charge is -2.30. The highest BCUT2D eigenvalue weighted by molar-refractivity contribution is 5.34. The minimum Gasteiger partial charge on any atom is -0.478 e. The second kappa shape index (κ2) is 7.28. The van der Waals surface area contributed by atoms with Gasteiger partial charge in [-0.15, -0.1) is 0 Å². The molecular weight excluding hydrogens is 242 g/mol. The first-order valence-electron chi connectivity index (χ1n) is 6.96. The zero-order valence-electron chi connectivity index (χ0n) is 12.4. The Hall–Kier alpha value is -1.36. The molecule has 2 N–H and O–H groups in total. The van der Waals surface area contributed by atoms with Crippen LogP contribution in [0.3, 0.4) is 0 Å². The van der Waals surface area contributed by atoms with Gasteiger partial charge in [-0.3, -0.25) is 0 Å². The van der Waals surface area contributed by atoms with Crippen LogP contribution in [0.4, 0.5) is 5.95 Å². The summed E-state index contributed by atoms with van der Waals surface area (Å²) < 4.78 is 5.54. The molecule has 5 nitrogen and oxygen atoms in total. The smallest absolute Gasteiger partial charge is 0.226 e. The van der Waals surface area contributed by atoms with E-state index in [0.717, 1.165) is 25.0 Å². The quantitative estimate of drug-likeness (QED) is 0.757. The number of nitrogens with zero attached hydrogens (tertiary/aromatic N) is 2. The number of hydrogen-bond acceptors (Lipinski definition) is 5. The summed E-state index contributed by atoms with van der Waals surface area (Å²) in [4.78, 5) is 8.70. The zero-order valence-corrected chi connectivity index (χ0v) is 12.4. The number of aryl methyl sites for hydroxylation is 1. The summed E-state index contributed by atoms with van der Waals surface area (Å²) >= 11 is 0. The molecule has 0 amide bonds. The van der Waals surface area contributed by atoms with Gasteiger partial charge in [0.1, 0.15) is 0 Å². The molecule has 1 aromatic rings. The Kier molecular flexibility index (Phi) is 6.02. The standard InChI is InChI=1S/C14H25N3O2/c1-5-8-19-12-9-11(4)15-13(16-12)17-14(6-2,7-3)10-18/h9,18H,5-8,10H2,1-4H3,(H,15,16,17). The van der Waals surface area contributed by atoms with E-state index < -0.39 is 0 Å². The highest BCUT2D eigenvalue weighted by atomic mass is 16.5. The van der Waals surface area contributed by atoms with Gasteiger partial charge in [-0.2, -0.15) is 4.98 Å². The van der Waals surface area contributed by atoms with E-state index in [-0.39, 0.29) is 12.1 Å². The van der Waals surface area contributed by atoms with E-state index in [1.807, 2.05) is 26.8 Å². The summed E-state index contributed by atoms with van der Waals surface area (Å²) in [6, 6.07) is 1.82. The number of aliphatic hydroxyl groups is 1. The second-order valence-corrected chi connectivity index (χ2v) is 4.79. The molecule has 108 valence electrons. The van der Waals surface area contributed by atoms with Gasteiger partial charge in [-0.25, -0.2) is 4.98 Å². The fourth-order valence-electron chi connectivity index (χ4n) is 1.80. The molecule has 1 rings (SSSR count). The summed E-state index contributed by atoms with van der Waals surface area (Å²) in [6.45, 7) is 8.74. The Bertz CT molecular complexity index is 384. The molecule has 1 aromatic heterocycles. The molecule has 0 aliphatic rings. The van der Waals surface area contributed by atoms with E-state index >= 15 is 0 Å². The number of rotatable bonds is 8. The van der Waals surface area contributed by atoms with Gasteiger partial charge >= 0.3 is 0 Å². The molecule has 0 saturated heterocycles. The van der Waals surface area contributed by atoms with Crippen molar-refractivity contribution in [2.45, 2.75) is 52.5 Å². The van der Waals surface area contributed by atoms with Gasteiger partial charge in [0, 0.05) is 11.8 Å². The Morgan fingerprint density at radius 3 is 2.47 bits per heavy atom. The molecule has 0 aliphatic carbocycles. The minimum absolute atomic E-state index is 0.0580. The van der Waals surface area contributed by atoms with Gasteiger partial charge in [-0.1, -0.05) is 20.8 Å². The van der Waals surface area contributed by atoms with Gasteiger partial charge in [0.25, 0.3) is 0 Å². The van der Waals surface area contributed by atoms with Crippen molar-refractivity contribution in [3.63, 3.8) is 0 Å². The summed E-state index contributed by atoms with van der Waals surface area (Å²) in [7, 11) is 0. The predicted molar refractivity (Wildman–Crippen MR) is 76.6 cm³/mol. The lowest BCUT2D eigenvalue weighted by atomic mass is 9.94.